The third-order valence-corrected chi connectivity index (χ3v) is 15.2. The van der Waals surface area contributed by atoms with Crippen LogP contribution < -0.4 is 19.1 Å². The second-order valence-corrected chi connectivity index (χ2v) is 21.1. The molecule has 3 aromatic carbocycles. The van der Waals surface area contributed by atoms with E-state index >= 15 is 0 Å². The number of piperazine rings is 1. The minimum Gasteiger partial charge on any atom is -0.493 e. The zero-order valence-electron chi connectivity index (χ0n) is 36.7. The number of carbonyl (C=O) groups is 1. The molecule has 0 unspecified atom stereocenters. The van der Waals surface area contributed by atoms with Crippen molar-refractivity contribution in [2.75, 3.05) is 44.2 Å². The standard InChI is InChI=1S/C49H55ClN6O8S/c1-49(2)15-13-35(43(27-49)33-5-7-36(50)8-6-33)29-54-17-19-55(20-18-54)37-9-12-41(46(24-37)64-39-23-34-14-16-51-47(34)52-28-39)48(58)53-65(61,62)40-25-44(56(59)60)42-22-32(30-63-45(42)26-40)21-31-3-10-38(57)11-4-31/h5-9,12,14,16,23-26,28,31-32,38,57H,3-4,10-11,13,15,17-22,27,29-30H2,1-2H3,(H,51,52)(H,53,58)/t31?,32-,38?/m0/s1. The van der Waals surface area contributed by atoms with Crippen molar-refractivity contribution < 1.29 is 32.7 Å². The van der Waals surface area contributed by atoms with Crippen molar-refractivity contribution in [1.82, 2.24) is 19.6 Å². The highest BCUT2D eigenvalue weighted by molar-refractivity contribution is 7.90. The molecule has 4 heterocycles. The number of ether oxygens (including phenoxy) is 2. The van der Waals surface area contributed by atoms with Gasteiger partial charge in [0.1, 0.15) is 22.9 Å². The average Bonchev–Trinajstić information content (AvgIpc) is 3.76. The number of aliphatic hydroxyl groups is 1. The molecule has 9 rings (SSSR count). The highest BCUT2D eigenvalue weighted by atomic mass is 35.5. The molecular weight excluding hydrogens is 868 g/mol. The van der Waals surface area contributed by atoms with Crippen molar-refractivity contribution in [2.45, 2.75) is 82.6 Å². The van der Waals surface area contributed by atoms with E-state index in [1.54, 1.807) is 30.5 Å². The highest BCUT2D eigenvalue weighted by Crippen LogP contribution is 2.44. The second kappa shape index (κ2) is 18.4. The molecule has 0 bridgehead atoms. The van der Waals surface area contributed by atoms with E-state index in [-0.39, 0.29) is 46.8 Å². The number of nitro benzene ring substituents is 1. The van der Waals surface area contributed by atoms with Crippen LogP contribution >= 0.6 is 11.6 Å². The van der Waals surface area contributed by atoms with Crippen LogP contribution in [0.4, 0.5) is 11.4 Å². The number of nitrogens with one attached hydrogen (secondary N) is 2. The Kier molecular flexibility index (Phi) is 12.7. The van der Waals surface area contributed by atoms with Gasteiger partial charge in [0.15, 0.2) is 0 Å². The van der Waals surface area contributed by atoms with Gasteiger partial charge in [-0.15, -0.1) is 0 Å². The Hall–Kier alpha value is -5.48. The summed E-state index contributed by atoms with van der Waals surface area (Å²) in [6.07, 6.45) is 10.6. The van der Waals surface area contributed by atoms with Crippen molar-refractivity contribution in [1.29, 1.82) is 0 Å². The first-order valence-corrected chi connectivity index (χ1v) is 24.4. The fraction of sp³-hybridized carbons (Fsp3) is 0.429. The minimum atomic E-state index is -4.63. The Morgan fingerprint density at radius 3 is 2.55 bits per heavy atom. The Labute approximate surface area is 384 Å². The van der Waals surface area contributed by atoms with Gasteiger partial charge in [-0.25, -0.2) is 18.1 Å². The molecule has 1 amide bonds. The van der Waals surface area contributed by atoms with Crippen LogP contribution in [0.15, 0.2) is 89.6 Å². The van der Waals surface area contributed by atoms with Crippen molar-refractivity contribution in [3.8, 4) is 17.2 Å². The van der Waals surface area contributed by atoms with Crippen LogP contribution in [-0.4, -0.2) is 84.7 Å². The number of nitrogens with zero attached hydrogens (tertiary/aromatic N) is 4. The Morgan fingerprint density at radius 2 is 1.80 bits per heavy atom. The molecule has 4 aliphatic rings. The Bertz CT molecular complexity index is 2740. The van der Waals surface area contributed by atoms with E-state index in [2.05, 4.69) is 50.5 Å². The number of allylic oxidation sites excluding steroid dienone is 1. The van der Waals surface area contributed by atoms with E-state index in [0.29, 0.717) is 29.3 Å². The number of fused-ring (bicyclic) bond motifs is 2. The van der Waals surface area contributed by atoms with Gasteiger partial charge in [0.05, 0.1) is 39.9 Å². The van der Waals surface area contributed by atoms with Crippen LogP contribution in [-0.2, 0) is 16.4 Å². The maximum Gasteiger partial charge on any atom is 0.277 e. The lowest BCUT2D eigenvalue weighted by atomic mass is 9.72. The Morgan fingerprint density at radius 1 is 1.03 bits per heavy atom. The number of hydrogen-bond donors (Lipinski definition) is 3. The zero-order valence-corrected chi connectivity index (χ0v) is 38.3. The lowest BCUT2D eigenvalue weighted by Crippen LogP contribution is -2.47. The minimum absolute atomic E-state index is 0.0167. The summed E-state index contributed by atoms with van der Waals surface area (Å²) in [6.45, 7) is 8.89. The number of aromatic nitrogens is 2. The summed E-state index contributed by atoms with van der Waals surface area (Å²) >= 11 is 6.25. The van der Waals surface area contributed by atoms with Crippen LogP contribution in [0.3, 0.4) is 0 Å². The highest BCUT2D eigenvalue weighted by Gasteiger charge is 2.34. The molecule has 342 valence electrons. The molecule has 5 aromatic rings. The number of anilines is 1. The SMILES string of the molecule is CC1(C)CCC(CN2CCN(c3ccc(C(=O)NS(=O)(=O)c4cc5c(c([N+](=O)[O-])c4)C[C@H](CC4CCC(O)CC4)CO5)c(Oc4cnc5[nH]ccc5c4)c3)CC2)=C(c2ccc(Cl)cc2)C1. The summed E-state index contributed by atoms with van der Waals surface area (Å²) in [5, 5.41) is 23.8. The molecule has 3 N–H and O–H groups in total. The molecule has 2 fully saturated rings. The second-order valence-electron chi connectivity index (χ2n) is 19.0. The summed E-state index contributed by atoms with van der Waals surface area (Å²) in [7, 11) is -4.63. The van der Waals surface area contributed by atoms with Crippen LogP contribution in [0.2, 0.25) is 5.02 Å². The van der Waals surface area contributed by atoms with Crippen LogP contribution in [0.5, 0.6) is 17.2 Å². The topological polar surface area (TPSA) is 180 Å². The number of rotatable bonds is 12. The van der Waals surface area contributed by atoms with Gasteiger partial charge in [-0.3, -0.25) is 19.8 Å². The maximum atomic E-state index is 14.1. The van der Waals surface area contributed by atoms with Crippen molar-refractivity contribution in [2.24, 2.45) is 17.3 Å². The molecule has 0 spiro atoms. The summed E-state index contributed by atoms with van der Waals surface area (Å²) in [6, 6.07) is 19.1. The third-order valence-electron chi connectivity index (χ3n) is 13.7. The number of carbonyl (C=O) groups excluding carboxylic acids is 1. The van der Waals surface area contributed by atoms with E-state index in [0.717, 1.165) is 106 Å². The number of benzene rings is 3. The molecular formula is C49H55ClN6O8S. The summed E-state index contributed by atoms with van der Waals surface area (Å²) < 4.78 is 42.4. The monoisotopic (exact) mass is 922 g/mol. The molecule has 0 radical (unpaired) electrons. The van der Waals surface area contributed by atoms with Crippen molar-refractivity contribution in [3.05, 3.63) is 117 Å². The molecule has 14 nitrogen and oxygen atoms in total. The van der Waals surface area contributed by atoms with Crippen LogP contribution in [0, 0.1) is 27.4 Å². The number of aromatic amines is 1. The van der Waals surface area contributed by atoms with Crippen molar-refractivity contribution in [3.63, 3.8) is 0 Å². The predicted octanol–water partition coefficient (Wildman–Crippen LogP) is 9.31. The number of amides is 1. The molecule has 2 aliphatic heterocycles. The maximum absolute atomic E-state index is 14.1. The smallest absolute Gasteiger partial charge is 0.277 e. The molecule has 2 aliphatic carbocycles. The lowest BCUT2D eigenvalue weighted by Gasteiger charge is -2.39. The molecule has 65 heavy (non-hydrogen) atoms. The number of hydrogen-bond acceptors (Lipinski definition) is 11. The summed E-state index contributed by atoms with van der Waals surface area (Å²) in [4.78, 5) is 37.6. The van der Waals surface area contributed by atoms with Crippen molar-refractivity contribution >= 4 is 55.5 Å². The number of aliphatic hydroxyl groups excluding tert-OH is 1. The first kappa shape index (κ1) is 44.7. The number of pyridine rings is 1. The largest absolute Gasteiger partial charge is 0.493 e. The van der Waals surface area contributed by atoms with Crippen LogP contribution in [0.25, 0.3) is 16.6 Å². The van der Waals surface area contributed by atoms with Gasteiger partial charge in [0.25, 0.3) is 21.6 Å². The zero-order chi connectivity index (χ0) is 45.5. The van der Waals surface area contributed by atoms with Gasteiger partial charge in [0, 0.05) is 73.2 Å². The predicted molar refractivity (Wildman–Crippen MR) is 250 cm³/mol. The molecule has 1 saturated heterocycles. The number of sulfonamides is 1. The summed E-state index contributed by atoms with van der Waals surface area (Å²) in [5.74, 6) is 0.0222. The summed E-state index contributed by atoms with van der Waals surface area (Å²) in [5.41, 5.74) is 5.70. The van der Waals surface area contributed by atoms with Gasteiger partial charge < -0.3 is 24.5 Å². The van der Waals surface area contributed by atoms with Gasteiger partial charge in [-0.2, -0.15) is 0 Å². The van der Waals surface area contributed by atoms with E-state index < -0.39 is 25.7 Å². The third kappa shape index (κ3) is 10.2. The molecule has 1 atom stereocenters. The molecule has 1 saturated carbocycles. The first-order valence-electron chi connectivity index (χ1n) is 22.5. The Balaban J connectivity index is 0.933. The van der Waals surface area contributed by atoms with Gasteiger partial charge in [-0.05, 0) is 123 Å². The van der Waals surface area contributed by atoms with E-state index in [9.17, 15) is 28.4 Å². The van der Waals surface area contributed by atoms with Gasteiger partial charge >= 0.3 is 0 Å². The number of H-pyrrole nitrogens is 1. The number of halogens is 1. The quantitative estimate of drug-likeness (QED) is 0.0802. The van der Waals surface area contributed by atoms with E-state index in [4.69, 9.17) is 21.1 Å². The average molecular weight is 924 g/mol. The lowest BCUT2D eigenvalue weighted by molar-refractivity contribution is -0.386. The normalized spacial score (nSPS) is 21.4. The first-order chi connectivity index (χ1) is 31.2. The molecule has 16 heteroatoms. The van der Waals surface area contributed by atoms with Crippen LogP contribution in [0.1, 0.15) is 86.7 Å². The van der Waals surface area contributed by atoms with Gasteiger partial charge in [0.2, 0.25) is 0 Å². The van der Waals surface area contributed by atoms with Gasteiger partial charge in [-0.1, -0.05) is 43.2 Å². The van der Waals surface area contributed by atoms with E-state index in [1.807, 2.05) is 18.2 Å². The number of nitro groups is 1. The molecule has 2 aromatic heterocycles. The fourth-order valence-corrected chi connectivity index (χ4v) is 11.2. The van der Waals surface area contributed by atoms with E-state index in [1.165, 1.54) is 29.0 Å². The fourth-order valence-electron chi connectivity index (χ4n) is 10.0.